The van der Waals surface area contributed by atoms with Gasteiger partial charge in [-0.2, -0.15) is 0 Å². The van der Waals surface area contributed by atoms with Crippen molar-refractivity contribution in [1.82, 2.24) is 14.0 Å². The molecule has 0 radical (unpaired) electrons. The molecule has 5 aromatic rings. The molecule has 0 bridgehead atoms. The van der Waals surface area contributed by atoms with Crippen LogP contribution >= 0.6 is 38.9 Å². The number of likely N-dealkylation sites (N-methyl/N-ethyl adjacent to an activating group) is 1. The minimum atomic E-state index is -0.609. The van der Waals surface area contributed by atoms with E-state index in [1.165, 1.54) is 16.9 Å². The molecule has 0 N–H and O–H groups in total. The second-order valence-corrected chi connectivity index (χ2v) is 12.8. The van der Waals surface area contributed by atoms with Crippen LogP contribution in [-0.4, -0.2) is 33.0 Å². The van der Waals surface area contributed by atoms with Gasteiger partial charge in [0.25, 0.3) is 11.5 Å². The van der Waals surface area contributed by atoms with E-state index in [-0.39, 0.29) is 11.5 Å². The van der Waals surface area contributed by atoms with E-state index in [0.717, 1.165) is 26.5 Å². The highest BCUT2D eigenvalue weighted by molar-refractivity contribution is 9.10. The Balaban J connectivity index is 1.51. The van der Waals surface area contributed by atoms with E-state index in [1.54, 1.807) is 21.6 Å². The van der Waals surface area contributed by atoms with Gasteiger partial charge in [-0.1, -0.05) is 81.3 Å². The van der Waals surface area contributed by atoms with E-state index in [4.69, 9.17) is 16.6 Å². The lowest BCUT2D eigenvalue weighted by molar-refractivity contribution is -0.127. The molecule has 3 aromatic carbocycles. The molecule has 1 aliphatic rings. The van der Waals surface area contributed by atoms with E-state index in [9.17, 15) is 9.59 Å². The number of hydrogen-bond donors (Lipinski definition) is 0. The molecule has 9 heteroatoms. The molecule has 1 atom stereocenters. The van der Waals surface area contributed by atoms with Crippen molar-refractivity contribution < 1.29 is 4.79 Å². The van der Waals surface area contributed by atoms with Crippen LogP contribution < -0.4 is 14.9 Å². The Hall–Kier alpha value is -3.72. The molecule has 0 aliphatic carbocycles. The molecule has 0 fully saturated rings. The van der Waals surface area contributed by atoms with Gasteiger partial charge in [0.2, 0.25) is 0 Å². The number of hydrogen-bond acceptors (Lipinski definition) is 4. The largest absolute Gasteiger partial charge is 0.342 e. The Morgan fingerprint density at radius 2 is 1.74 bits per heavy atom. The number of para-hydroxylation sites is 1. The Kier molecular flexibility index (Phi) is 8.27. The van der Waals surface area contributed by atoms with Gasteiger partial charge in [-0.15, -0.1) is 0 Å². The number of halogens is 2. The fourth-order valence-corrected chi connectivity index (χ4v) is 7.11. The number of benzene rings is 3. The van der Waals surface area contributed by atoms with Crippen molar-refractivity contribution in [2.24, 2.45) is 4.99 Å². The molecule has 2 aromatic heterocycles. The predicted molar refractivity (Wildman–Crippen MR) is 178 cm³/mol. The number of carbonyl (C=O) groups is 1. The maximum atomic E-state index is 14.2. The van der Waals surface area contributed by atoms with Crippen molar-refractivity contribution >= 4 is 61.8 Å². The highest BCUT2D eigenvalue weighted by atomic mass is 79.9. The number of aromatic nitrogens is 2. The number of nitrogens with zero attached hydrogens (tertiary/aromatic N) is 4. The lowest BCUT2D eigenvalue weighted by Gasteiger charge is -2.29. The van der Waals surface area contributed by atoms with E-state index in [1.807, 2.05) is 63.2 Å². The lowest BCUT2D eigenvalue weighted by atomic mass is 9.94. The summed E-state index contributed by atoms with van der Waals surface area (Å²) >= 11 is 11.1. The maximum Gasteiger partial charge on any atom is 0.271 e. The molecule has 1 aliphatic heterocycles. The molecular formula is C34H30BrClN4O2S. The van der Waals surface area contributed by atoms with Crippen LogP contribution in [0.3, 0.4) is 0 Å². The molecule has 43 heavy (non-hydrogen) atoms. The summed E-state index contributed by atoms with van der Waals surface area (Å²) in [5, 5.41) is 1.65. The Morgan fingerprint density at radius 3 is 2.44 bits per heavy atom. The Labute approximate surface area is 267 Å². The van der Waals surface area contributed by atoms with Gasteiger partial charge in [0, 0.05) is 51.8 Å². The number of rotatable bonds is 7. The summed E-state index contributed by atoms with van der Waals surface area (Å²) in [7, 11) is 0. The van der Waals surface area contributed by atoms with Crippen LogP contribution in [0.15, 0.2) is 105 Å². The highest BCUT2D eigenvalue weighted by Gasteiger charge is 2.34. The molecule has 0 spiro atoms. The number of fused-ring (bicyclic) bond motifs is 2. The SMILES string of the molecule is CCN(CC)C(=O)C1=C(C)N=c2s/c(=C/c3cn(Cc4ccc(Br)cc4)c4ccccc34)c(=O)n2[C@H]1c1ccc(Cl)cc1. The first kappa shape index (κ1) is 29.4. The molecule has 0 saturated carbocycles. The molecule has 6 rings (SSSR count). The minimum Gasteiger partial charge on any atom is -0.342 e. The fraction of sp³-hybridized carbons (Fsp3) is 0.206. The van der Waals surface area contributed by atoms with Gasteiger partial charge in [0.1, 0.15) is 0 Å². The van der Waals surface area contributed by atoms with Crippen LogP contribution in [0.25, 0.3) is 17.0 Å². The first-order valence-corrected chi connectivity index (χ1v) is 16.2. The second kappa shape index (κ2) is 12.1. The first-order chi connectivity index (χ1) is 20.8. The molecule has 3 heterocycles. The van der Waals surface area contributed by atoms with E-state index in [2.05, 4.69) is 51.0 Å². The number of carbonyl (C=O) groups excluding carboxylic acids is 1. The summed E-state index contributed by atoms with van der Waals surface area (Å²) < 4.78 is 5.49. The minimum absolute atomic E-state index is 0.114. The summed E-state index contributed by atoms with van der Waals surface area (Å²) in [5.74, 6) is -0.114. The number of thiazole rings is 1. The van der Waals surface area contributed by atoms with E-state index >= 15 is 0 Å². The van der Waals surface area contributed by atoms with Crippen LogP contribution in [-0.2, 0) is 11.3 Å². The average Bonchev–Trinajstić information content (AvgIpc) is 3.50. The standard InChI is InChI=1S/C34H30BrClN4O2S/c1-4-38(5-2)33(42)30-21(3)37-34-40(31(30)23-12-16-26(36)17-13-23)32(41)29(43-34)18-24-20-39(28-9-7-6-8-27(24)28)19-22-10-14-25(35)15-11-22/h6-18,20,31H,4-5,19H2,1-3H3/b29-18+/t31-/m0/s1. The average molecular weight is 674 g/mol. The zero-order valence-corrected chi connectivity index (χ0v) is 27.2. The third-order valence-electron chi connectivity index (χ3n) is 7.86. The third-order valence-corrected chi connectivity index (χ3v) is 9.62. The van der Waals surface area contributed by atoms with Crippen molar-refractivity contribution in [3.63, 3.8) is 0 Å². The topological polar surface area (TPSA) is 59.6 Å². The summed E-state index contributed by atoms with van der Waals surface area (Å²) in [5.41, 5.74) is 4.99. The van der Waals surface area contributed by atoms with Crippen LogP contribution in [0.1, 0.15) is 43.5 Å². The third kappa shape index (κ3) is 5.55. The van der Waals surface area contributed by atoms with Gasteiger partial charge in [-0.05, 0) is 68.3 Å². The number of amides is 1. The van der Waals surface area contributed by atoms with Gasteiger partial charge < -0.3 is 9.47 Å². The van der Waals surface area contributed by atoms with Crippen molar-refractivity contribution in [1.29, 1.82) is 0 Å². The normalized spacial score (nSPS) is 15.1. The molecule has 218 valence electrons. The van der Waals surface area contributed by atoms with Crippen LogP contribution in [0.4, 0.5) is 0 Å². The zero-order valence-electron chi connectivity index (χ0n) is 24.1. The number of allylic oxidation sites excluding steroid dienone is 1. The van der Waals surface area contributed by atoms with Crippen molar-refractivity contribution in [3.8, 4) is 0 Å². The maximum absolute atomic E-state index is 14.2. The van der Waals surface area contributed by atoms with Crippen LogP contribution in [0.2, 0.25) is 5.02 Å². The molecule has 1 amide bonds. The van der Waals surface area contributed by atoms with Gasteiger partial charge in [-0.3, -0.25) is 14.2 Å². The van der Waals surface area contributed by atoms with Gasteiger partial charge in [-0.25, -0.2) is 4.99 Å². The van der Waals surface area contributed by atoms with Gasteiger partial charge in [0.05, 0.1) is 21.8 Å². The summed E-state index contributed by atoms with van der Waals surface area (Å²) in [6, 6.07) is 23.3. The van der Waals surface area contributed by atoms with E-state index in [0.29, 0.717) is 45.3 Å². The van der Waals surface area contributed by atoms with E-state index < -0.39 is 6.04 Å². The Bertz CT molecular complexity index is 2050. The molecule has 0 unspecified atom stereocenters. The van der Waals surface area contributed by atoms with Crippen LogP contribution in [0.5, 0.6) is 0 Å². The highest BCUT2D eigenvalue weighted by Crippen LogP contribution is 2.32. The van der Waals surface area contributed by atoms with Gasteiger partial charge in [0.15, 0.2) is 4.80 Å². The molecule has 6 nitrogen and oxygen atoms in total. The Morgan fingerprint density at radius 1 is 1.05 bits per heavy atom. The summed E-state index contributed by atoms with van der Waals surface area (Å²) in [6.07, 6.45) is 4.05. The van der Waals surface area contributed by atoms with Crippen molar-refractivity contribution in [2.45, 2.75) is 33.4 Å². The lowest BCUT2D eigenvalue weighted by Crippen LogP contribution is -2.43. The second-order valence-electron chi connectivity index (χ2n) is 10.5. The predicted octanol–water partition coefficient (Wildman–Crippen LogP) is 6.52. The monoisotopic (exact) mass is 672 g/mol. The van der Waals surface area contributed by atoms with Gasteiger partial charge >= 0.3 is 0 Å². The zero-order chi connectivity index (χ0) is 30.2. The smallest absolute Gasteiger partial charge is 0.271 e. The van der Waals surface area contributed by atoms with Crippen LogP contribution in [0, 0.1) is 0 Å². The molecular weight excluding hydrogens is 644 g/mol. The first-order valence-electron chi connectivity index (χ1n) is 14.2. The quantitative estimate of drug-likeness (QED) is 0.198. The fourth-order valence-electron chi connectivity index (χ4n) is 5.69. The van der Waals surface area contributed by atoms with Crippen molar-refractivity contribution in [2.75, 3.05) is 13.1 Å². The summed E-state index contributed by atoms with van der Waals surface area (Å²) in [6.45, 7) is 7.60. The summed E-state index contributed by atoms with van der Waals surface area (Å²) in [4.78, 5) is 35.2. The van der Waals surface area contributed by atoms with Crippen molar-refractivity contribution in [3.05, 3.63) is 136 Å². The molecule has 0 saturated heterocycles.